The van der Waals surface area contributed by atoms with E-state index in [0.29, 0.717) is 18.8 Å². The van der Waals surface area contributed by atoms with E-state index in [-0.39, 0.29) is 11.1 Å². The zero-order valence-corrected chi connectivity index (χ0v) is 13.6. The van der Waals surface area contributed by atoms with E-state index < -0.39 is 10.0 Å². The maximum Gasteiger partial charge on any atom is 0.262 e. The Labute approximate surface area is 126 Å². The molecule has 0 aliphatic carbocycles. The van der Waals surface area contributed by atoms with Crippen LogP contribution in [0.1, 0.15) is 38.4 Å². The van der Waals surface area contributed by atoms with E-state index in [0.717, 1.165) is 31.6 Å². The Hall–Kier alpha value is -0.590. The molecule has 0 radical (unpaired) electrons. The van der Waals surface area contributed by atoms with Crippen molar-refractivity contribution in [2.75, 3.05) is 12.4 Å². The fourth-order valence-electron chi connectivity index (χ4n) is 2.75. The summed E-state index contributed by atoms with van der Waals surface area (Å²) in [5.74, 6) is 1.22. The molecule has 0 bridgehead atoms. The van der Waals surface area contributed by atoms with Gasteiger partial charge in [-0.15, -0.1) is 11.6 Å². The first kappa shape index (κ1) is 15.8. The molecular weight excluding hydrogens is 298 g/mol. The molecule has 1 aromatic rings. The van der Waals surface area contributed by atoms with Crippen molar-refractivity contribution in [3.63, 3.8) is 0 Å². The van der Waals surface area contributed by atoms with Gasteiger partial charge in [-0.1, -0.05) is 6.42 Å². The van der Waals surface area contributed by atoms with Gasteiger partial charge in [0.05, 0.1) is 0 Å². The number of hydrogen-bond donors (Lipinski definition) is 0. The van der Waals surface area contributed by atoms with Gasteiger partial charge in [0.1, 0.15) is 5.82 Å². The molecule has 7 heteroatoms. The highest BCUT2D eigenvalue weighted by molar-refractivity contribution is 7.89. The van der Waals surface area contributed by atoms with Crippen LogP contribution in [0.4, 0.5) is 0 Å². The third-order valence-electron chi connectivity index (χ3n) is 3.88. The molecule has 20 heavy (non-hydrogen) atoms. The van der Waals surface area contributed by atoms with E-state index in [2.05, 4.69) is 4.98 Å². The number of piperidine rings is 1. The molecule has 0 N–H and O–H groups in total. The van der Waals surface area contributed by atoms with Crippen molar-refractivity contribution >= 4 is 21.6 Å². The lowest BCUT2D eigenvalue weighted by molar-refractivity contribution is 0.247. The first-order chi connectivity index (χ1) is 9.50. The molecule has 0 aromatic carbocycles. The van der Waals surface area contributed by atoms with Gasteiger partial charge in [-0.05, 0) is 33.1 Å². The molecule has 1 aliphatic heterocycles. The van der Waals surface area contributed by atoms with E-state index in [1.165, 1.54) is 0 Å². The minimum absolute atomic E-state index is 0.0123. The number of alkyl halides is 1. The topological polar surface area (TPSA) is 55.2 Å². The third-order valence-corrected chi connectivity index (χ3v) is 5.92. The number of rotatable bonds is 5. The molecule has 0 saturated carbocycles. The summed E-state index contributed by atoms with van der Waals surface area (Å²) in [5.41, 5.74) is 0. The van der Waals surface area contributed by atoms with Crippen molar-refractivity contribution < 1.29 is 8.42 Å². The van der Waals surface area contributed by atoms with E-state index >= 15 is 0 Å². The zero-order valence-electron chi connectivity index (χ0n) is 12.0. The SMILES string of the molecule is CCn1cc(S(=O)(=O)N2CCCCC2CCCl)nc1C. The first-order valence-electron chi connectivity index (χ1n) is 7.12. The molecule has 1 saturated heterocycles. The molecule has 1 fully saturated rings. The van der Waals surface area contributed by atoms with Gasteiger partial charge >= 0.3 is 0 Å². The molecule has 2 rings (SSSR count). The highest BCUT2D eigenvalue weighted by atomic mass is 35.5. The number of imidazole rings is 1. The van der Waals surface area contributed by atoms with Crippen LogP contribution < -0.4 is 0 Å². The molecule has 5 nitrogen and oxygen atoms in total. The second-order valence-corrected chi connectivity index (χ2v) is 7.37. The van der Waals surface area contributed by atoms with Crippen molar-refractivity contribution in [1.29, 1.82) is 0 Å². The monoisotopic (exact) mass is 319 g/mol. The van der Waals surface area contributed by atoms with Gasteiger partial charge in [0.25, 0.3) is 10.0 Å². The summed E-state index contributed by atoms with van der Waals surface area (Å²) >= 11 is 5.81. The number of aryl methyl sites for hydroxylation is 2. The van der Waals surface area contributed by atoms with Crippen LogP contribution in [0.15, 0.2) is 11.2 Å². The molecule has 0 spiro atoms. The average Bonchev–Trinajstić information content (AvgIpc) is 2.81. The quantitative estimate of drug-likeness (QED) is 0.783. The van der Waals surface area contributed by atoms with Gasteiger partial charge in [-0.3, -0.25) is 0 Å². The lowest BCUT2D eigenvalue weighted by Crippen LogP contribution is -2.44. The Morgan fingerprint density at radius 3 is 2.80 bits per heavy atom. The van der Waals surface area contributed by atoms with Gasteiger partial charge in [-0.25, -0.2) is 13.4 Å². The number of sulfonamides is 1. The summed E-state index contributed by atoms with van der Waals surface area (Å²) in [4.78, 5) is 4.22. The van der Waals surface area contributed by atoms with Crippen LogP contribution in [0, 0.1) is 6.92 Å². The summed E-state index contributed by atoms with van der Waals surface area (Å²) in [5, 5.41) is 0.165. The predicted octanol–water partition coefficient (Wildman–Crippen LogP) is 2.38. The minimum Gasteiger partial charge on any atom is -0.334 e. The van der Waals surface area contributed by atoms with Crippen LogP contribution in [0.3, 0.4) is 0 Å². The van der Waals surface area contributed by atoms with Gasteiger partial charge < -0.3 is 4.57 Å². The Balaban J connectivity index is 2.31. The maximum atomic E-state index is 12.8. The van der Waals surface area contributed by atoms with Gasteiger partial charge in [0.15, 0.2) is 5.03 Å². The average molecular weight is 320 g/mol. The van der Waals surface area contributed by atoms with Crippen molar-refractivity contribution in [3.8, 4) is 0 Å². The van der Waals surface area contributed by atoms with Gasteiger partial charge in [0.2, 0.25) is 0 Å². The Morgan fingerprint density at radius 2 is 2.20 bits per heavy atom. The number of aromatic nitrogens is 2. The van der Waals surface area contributed by atoms with Crippen molar-refractivity contribution in [3.05, 3.63) is 12.0 Å². The standard InChI is InChI=1S/C13H22ClN3O2S/c1-3-16-10-13(15-11(16)2)20(18,19)17-9-5-4-6-12(17)7-8-14/h10,12H,3-9H2,1-2H3. The lowest BCUT2D eigenvalue weighted by atomic mass is 10.0. The number of halogens is 1. The number of hydrogen-bond acceptors (Lipinski definition) is 3. The number of nitrogens with zero attached hydrogens (tertiary/aromatic N) is 3. The van der Waals surface area contributed by atoms with Crippen LogP contribution in [0.2, 0.25) is 0 Å². The molecule has 0 amide bonds. The fraction of sp³-hybridized carbons (Fsp3) is 0.769. The van der Waals surface area contributed by atoms with Crippen LogP contribution >= 0.6 is 11.6 Å². The Bertz CT molecular complexity index is 554. The summed E-state index contributed by atoms with van der Waals surface area (Å²) in [6.45, 7) is 5.10. The van der Waals surface area contributed by atoms with Crippen LogP contribution in [-0.2, 0) is 16.6 Å². The van der Waals surface area contributed by atoms with E-state index in [1.54, 1.807) is 10.5 Å². The summed E-state index contributed by atoms with van der Waals surface area (Å²) in [6, 6.07) is 0.0123. The maximum absolute atomic E-state index is 12.8. The summed E-state index contributed by atoms with van der Waals surface area (Å²) in [6.07, 6.45) is 5.20. The summed E-state index contributed by atoms with van der Waals surface area (Å²) in [7, 11) is -3.50. The van der Waals surface area contributed by atoms with E-state index in [9.17, 15) is 8.42 Å². The van der Waals surface area contributed by atoms with Gasteiger partial charge in [-0.2, -0.15) is 4.31 Å². The second-order valence-electron chi connectivity index (χ2n) is 5.16. The predicted molar refractivity (Wildman–Crippen MR) is 79.5 cm³/mol. The van der Waals surface area contributed by atoms with E-state index in [1.807, 2.05) is 18.4 Å². The van der Waals surface area contributed by atoms with Crippen LogP contribution in [0.25, 0.3) is 0 Å². The lowest BCUT2D eigenvalue weighted by Gasteiger charge is -2.33. The van der Waals surface area contributed by atoms with Crippen molar-refractivity contribution in [2.45, 2.75) is 57.1 Å². The van der Waals surface area contributed by atoms with Crippen LogP contribution in [0.5, 0.6) is 0 Å². The minimum atomic E-state index is -3.50. The van der Waals surface area contributed by atoms with Crippen LogP contribution in [-0.4, -0.2) is 40.7 Å². The molecule has 1 unspecified atom stereocenters. The highest BCUT2D eigenvalue weighted by Crippen LogP contribution is 2.27. The smallest absolute Gasteiger partial charge is 0.262 e. The molecular formula is C13H22ClN3O2S. The zero-order chi connectivity index (χ0) is 14.8. The normalized spacial score (nSPS) is 21.2. The molecule has 114 valence electrons. The summed E-state index contributed by atoms with van der Waals surface area (Å²) < 4.78 is 29.0. The van der Waals surface area contributed by atoms with E-state index in [4.69, 9.17) is 11.6 Å². The largest absolute Gasteiger partial charge is 0.334 e. The fourth-order valence-corrected chi connectivity index (χ4v) is 4.72. The highest BCUT2D eigenvalue weighted by Gasteiger charge is 2.34. The first-order valence-corrected chi connectivity index (χ1v) is 9.09. The van der Waals surface area contributed by atoms with Gasteiger partial charge in [0, 0.05) is 31.2 Å². The Kier molecular flexibility index (Phi) is 5.09. The van der Waals surface area contributed by atoms with Crippen molar-refractivity contribution in [1.82, 2.24) is 13.9 Å². The molecule has 1 aliphatic rings. The second kappa shape index (κ2) is 6.45. The van der Waals surface area contributed by atoms with Crippen molar-refractivity contribution in [2.24, 2.45) is 0 Å². The molecule has 2 heterocycles. The molecule has 1 aromatic heterocycles. The Morgan fingerprint density at radius 1 is 1.45 bits per heavy atom. The molecule has 1 atom stereocenters. The third kappa shape index (κ3) is 3.02.